The van der Waals surface area contributed by atoms with E-state index in [1.54, 1.807) is 0 Å². The molecule has 0 spiro atoms. The first-order valence-electron chi connectivity index (χ1n) is 3.23. The lowest BCUT2D eigenvalue weighted by atomic mass is 10.4. The quantitative estimate of drug-likeness (QED) is 0.383. The van der Waals surface area contributed by atoms with Crippen molar-refractivity contribution >= 4 is 12.4 Å². The van der Waals surface area contributed by atoms with Gasteiger partial charge in [0.05, 0.1) is 0 Å². The number of H-pyrrole nitrogens is 2. The number of carbonyl (C=O) groups excluding carboxylic acids is 1. The molecule has 0 aliphatic heterocycles. The van der Waals surface area contributed by atoms with E-state index < -0.39 is 22.9 Å². The fourth-order valence-corrected chi connectivity index (χ4v) is 0.584. The maximum absolute atomic E-state index is 10.5. The molecule has 1 heterocycles. The van der Waals surface area contributed by atoms with Crippen molar-refractivity contribution < 1.29 is 14.7 Å². The van der Waals surface area contributed by atoms with E-state index in [-0.39, 0.29) is 6.41 Å². The van der Waals surface area contributed by atoms with Crippen molar-refractivity contribution in [3.05, 3.63) is 32.6 Å². The molecule has 0 aliphatic carbocycles. The van der Waals surface area contributed by atoms with Gasteiger partial charge in [0.1, 0.15) is 5.69 Å². The molecule has 5 N–H and O–H groups in total. The summed E-state index contributed by atoms with van der Waals surface area (Å²) in [5.41, 5.74) is 2.19. The maximum atomic E-state index is 10.5. The molecule has 0 radical (unpaired) electrons. The zero-order valence-corrected chi connectivity index (χ0v) is 6.81. The molecule has 1 rings (SSSR count). The van der Waals surface area contributed by atoms with Crippen LogP contribution in [0.3, 0.4) is 0 Å². The average molecular weight is 201 g/mol. The predicted octanol–water partition coefficient (Wildman–Crippen LogP) is -2.14. The van der Waals surface area contributed by atoms with Crippen molar-refractivity contribution in [2.24, 2.45) is 5.73 Å². The Morgan fingerprint density at radius 2 is 1.93 bits per heavy atom. The van der Waals surface area contributed by atoms with Gasteiger partial charge in [-0.3, -0.25) is 14.6 Å². The Bertz CT molecular complexity index is 403. The summed E-state index contributed by atoms with van der Waals surface area (Å²) in [4.78, 5) is 43.5. The topological polar surface area (TPSA) is 146 Å². The molecule has 0 aliphatic rings. The highest BCUT2D eigenvalue weighted by atomic mass is 16.4. The van der Waals surface area contributed by atoms with Crippen LogP contribution in [0.5, 0.6) is 0 Å². The van der Waals surface area contributed by atoms with E-state index in [4.69, 9.17) is 9.90 Å². The molecule has 14 heavy (non-hydrogen) atoms. The monoisotopic (exact) mass is 201 g/mol. The van der Waals surface area contributed by atoms with Crippen molar-refractivity contribution in [1.29, 1.82) is 0 Å². The Hall–Kier alpha value is -2.38. The van der Waals surface area contributed by atoms with Gasteiger partial charge in [0.2, 0.25) is 6.41 Å². The van der Waals surface area contributed by atoms with Crippen LogP contribution in [0.2, 0.25) is 0 Å². The van der Waals surface area contributed by atoms with E-state index in [1.807, 2.05) is 9.97 Å². The van der Waals surface area contributed by atoms with Crippen molar-refractivity contribution in [2.75, 3.05) is 0 Å². The first kappa shape index (κ1) is 11.6. The number of nitrogens with two attached hydrogens (primary N) is 1. The van der Waals surface area contributed by atoms with Crippen molar-refractivity contribution in [1.82, 2.24) is 9.97 Å². The second-order valence-corrected chi connectivity index (χ2v) is 1.94. The molecule has 0 saturated carbocycles. The summed E-state index contributed by atoms with van der Waals surface area (Å²) in [6, 6.07) is 0.795. The number of nitrogens with one attached hydrogen (secondary N) is 2. The number of aromatic carboxylic acids is 1. The standard InChI is InChI=1S/C5H4N2O4.CH3NO/c8-3-1-2(4(9)10)6-5(11)7-3;2-1-3/h1H,(H,9,10)(H2,6,7,8,11);1H,(H2,2,3). The van der Waals surface area contributed by atoms with Crippen LogP contribution < -0.4 is 17.0 Å². The Morgan fingerprint density at radius 3 is 2.29 bits per heavy atom. The normalized spacial score (nSPS) is 8.29. The Morgan fingerprint density at radius 1 is 1.43 bits per heavy atom. The average Bonchev–Trinajstić information content (AvgIpc) is 2.03. The summed E-state index contributed by atoms with van der Waals surface area (Å²) in [7, 11) is 0. The molecule has 0 aromatic carbocycles. The number of carboxylic acids is 1. The number of aromatic nitrogens is 2. The number of carboxylic acid groups (broad SMARTS) is 1. The summed E-state index contributed by atoms with van der Waals surface area (Å²) < 4.78 is 0. The molecule has 0 atom stereocenters. The van der Waals surface area contributed by atoms with E-state index in [0.29, 0.717) is 0 Å². The van der Waals surface area contributed by atoms with Gasteiger partial charge in [0.25, 0.3) is 5.56 Å². The number of hydrogen-bond donors (Lipinski definition) is 4. The highest BCUT2D eigenvalue weighted by Gasteiger charge is 2.03. The number of hydrogen-bond acceptors (Lipinski definition) is 4. The van der Waals surface area contributed by atoms with Gasteiger partial charge in [-0.15, -0.1) is 0 Å². The summed E-state index contributed by atoms with van der Waals surface area (Å²) in [5, 5.41) is 8.31. The Balaban J connectivity index is 0.000000500. The SMILES string of the molecule is NC=O.O=C(O)c1cc(=O)[nH]c(=O)[nH]1. The maximum Gasteiger partial charge on any atom is 0.352 e. The zero-order chi connectivity index (χ0) is 11.1. The van der Waals surface area contributed by atoms with Gasteiger partial charge >= 0.3 is 11.7 Å². The van der Waals surface area contributed by atoms with Crippen molar-refractivity contribution in [3.63, 3.8) is 0 Å². The van der Waals surface area contributed by atoms with Crippen LogP contribution in [-0.2, 0) is 4.79 Å². The first-order valence-corrected chi connectivity index (χ1v) is 3.23. The van der Waals surface area contributed by atoms with Gasteiger partial charge in [-0.2, -0.15) is 0 Å². The molecule has 1 aromatic rings. The number of primary amides is 1. The van der Waals surface area contributed by atoms with Gasteiger partial charge in [-0.25, -0.2) is 9.59 Å². The summed E-state index contributed by atoms with van der Waals surface area (Å²) >= 11 is 0. The van der Waals surface area contributed by atoms with Crippen LogP contribution in [0.15, 0.2) is 15.7 Å². The van der Waals surface area contributed by atoms with E-state index in [1.165, 1.54) is 0 Å². The minimum atomic E-state index is -1.34. The van der Waals surface area contributed by atoms with Crippen LogP contribution in [0, 0.1) is 0 Å². The van der Waals surface area contributed by atoms with Crippen molar-refractivity contribution in [3.8, 4) is 0 Å². The highest BCUT2D eigenvalue weighted by Crippen LogP contribution is 1.81. The third-order valence-electron chi connectivity index (χ3n) is 0.991. The van der Waals surface area contributed by atoms with Crippen LogP contribution in [-0.4, -0.2) is 27.5 Å². The molecule has 0 fully saturated rings. The summed E-state index contributed by atoms with van der Waals surface area (Å²) in [6.07, 6.45) is 0.250. The Kier molecular flexibility index (Phi) is 4.40. The fourth-order valence-electron chi connectivity index (χ4n) is 0.584. The van der Waals surface area contributed by atoms with Gasteiger partial charge in [-0.05, 0) is 0 Å². The minimum Gasteiger partial charge on any atom is -0.477 e. The molecule has 8 heteroatoms. The van der Waals surface area contributed by atoms with Gasteiger partial charge in [0, 0.05) is 6.07 Å². The third-order valence-corrected chi connectivity index (χ3v) is 0.991. The zero-order valence-electron chi connectivity index (χ0n) is 6.81. The van der Waals surface area contributed by atoms with E-state index in [2.05, 4.69) is 5.73 Å². The molecular weight excluding hydrogens is 194 g/mol. The first-order chi connectivity index (χ1) is 6.51. The highest BCUT2D eigenvalue weighted by molar-refractivity contribution is 5.84. The molecule has 76 valence electrons. The van der Waals surface area contributed by atoms with E-state index in [9.17, 15) is 14.4 Å². The molecule has 8 nitrogen and oxygen atoms in total. The van der Waals surface area contributed by atoms with E-state index >= 15 is 0 Å². The fraction of sp³-hybridized carbons (Fsp3) is 0. The lowest BCUT2D eigenvalue weighted by Gasteiger charge is -1.89. The largest absolute Gasteiger partial charge is 0.477 e. The number of rotatable bonds is 1. The Labute approximate surface area is 76.4 Å². The summed E-state index contributed by atoms with van der Waals surface area (Å²) in [5.74, 6) is -1.34. The van der Waals surface area contributed by atoms with Crippen LogP contribution >= 0.6 is 0 Å². The van der Waals surface area contributed by atoms with Crippen molar-refractivity contribution in [2.45, 2.75) is 0 Å². The molecule has 0 bridgehead atoms. The number of carbonyl (C=O) groups is 2. The minimum absolute atomic E-state index is 0.250. The van der Waals surface area contributed by atoms with Crippen LogP contribution in [0.1, 0.15) is 10.5 Å². The number of aromatic amines is 2. The summed E-state index contributed by atoms with van der Waals surface area (Å²) in [6.45, 7) is 0. The molecule has 1 amide bonds. The second-order valence-electron chi connectivity index (χ2n) is 1.94. The molecule has 1 aromatic heterocycles. The van der Waals surface area contributed by atoms with Gasteiger partial charge < -0.3 is 15.8 Å². The molecular formula is C6H7N3O5. The van der Waals surface area contributed by atoms with Crippen LogP contribution in [0.25, 0.3) is 0 Å². The third kappa shape index (κ3) is 3.85. The lowest BCUT2D eigenvalue weighted by molar-refractivity contribution is -0.106. The van der Waals surface area contributed by atoms with Gasteiger partial charge in [-0.1, -0.05) is 0 Å². The molecule has 0 saturated heterocycles. The number of amides is 1. The van der Waals surface area contributed by atoms with E-state index in [0.717, 1.165) is 6.07 Å². The van der Waals surface area contributed by atoms with Crippen LogP contribution in [0.4, 0.5) is 0 Å². The smallest absolute Gasteiger partial charge is 0.352 e. The van der Waals surface area contributed by atoms with Gasteiger partial charge in [0.15, 0.2) is 0 Å². The second kappa shape index (κ2) is 5.30. The predicted molar refractivity (Wildman–Crippen MR) is 44.9 cm³/mol. The lowest BCUT2D eigenvalue weighted by Crippen LogP contribution is -2.24. The molecule has 0 unspecified atom stereocenters.